The van der Waals surface area contributed by atoms with Crippen molar-refractivity contribution in [2.24, 2.45) is 0 Å². The van der Waals surface area contributed by atoms with Crippen LogP contribution >= 0.6 is 0 Å². The fourth-order valence-corrected chi connectivity index (χ4v) is 3.39. The third kappa shape index (κ3) is 4.27. The third-order valence-corrected chi connectivity index (χ3v) is 4.94. The number of anilines is 2. The number of nitrogens with zero attached hydrogens (tertiary/aromatic N) is 3. The maximum Gasteiger partial charge on any atom is 0.253 e. The van der Waals surface area contributed by atoms with E-state index in [1.54, 1.807) is 41.4 Å². The topological polar surface area (TPSA) is 87.2 Å². The summed E-state index contributed by atoms with van der Waals surface area (Å²) in [4.78, 5) is 34.5. The second-order valence-electron chi connectivity index (χ2n) is 7.05. The van der Waals surface area contributed by atoms with Crippen LogP contribution in [0.5, 0.6) is 0 Å². The SMILES string of the molecule is C=CC(=O)Nc1ccc(C(=O)N2CC[C@H](Nc3ncc4cc(F)ccc4n3)C2)cc1. The molecule has 1 atom stereocenters. The Morgan fingerprint density at radius 1 is 1.20 bits per heavy atom. The lowest BCUT2D eigenvalue weighted by molar-refractivity contribution is -0.111. The number of hydrogen-bond donors (Lipinski definition) is 2. The number of hydrogen-bond acceptors (Lipinski definition) is 5. The summed E-state index contributed by atoms with van der Waals surface area (Å²) in [5.41, 5.74) is 1.81. The van der Waals surface area contributed by atoms with Crippen LogP contribution in [0.25, 0.3) is 10.9 Å². The molecule has 1 aliphatic heterocycles. The first-order valence-electron chi connectivity index (χ1n) is 9.53. The van der Waals surface area contributed by atoms with E-state index in [-0.39, 0.29) is 23.7 Å². The first kappa shape index (κ1) is 19.5. The van der Waals surface area contributed by atoms with E-state index in [0.29, 0.717) is 41.2 Å². The van der Waals surface area contributed by atoms with Gasteiger partial charge in [-0.2, -0.15) is 0 Å². The third-order valence-electron chi connectivity index (χ3n) is 4.94. The predicted octanol–water partition coefficient (Wildman–Crippen LogP) is 3.22. The molecule has 0 bridgehead atoms. The molecule has 8 heteroatoms. The molecule has 2 aromatic carbocycles. The zero-order valence-electron chi connectivity index (χ0n) is 16.1. The molecule has 1 fully saturated rings. The fraction of sp³-hybridized carbons (Fsp3) is 0.182. The van der Waals surface area contributed by atoms with Crippen molar-refractivity contribution in [1.82, 2.24) is 14.9 Å². The molecule has 30 heavy (non-hydrogen) atoms. The van der Waals surface area contributed by atoms with E-state index in [1.807, 2.05) is 0 Å². The minimum Gasteiger partial charge on any atom is -0.350 e. The Morgan fingerprint density at radius 3 is 2.77 bits per heavy atom. The number of carbonyl (C=O) groups excluding carboxylic acids is 2. The molecule has 1 saturated heterocycles. The summed E-state index contributed by atoms with van der Waals surface area (Å²) in [6.07, 6.45) is 3.54. The van der Waals surface area contributed by atoms with E-state index < -0.39 is 0 Å². The smallest absolute Gasteiger partial charge is 0.253 e. The second kappa shape index (κ2) is 8.28. The van der Waals surface area contributed by atoms with Crippen molar-refractivity contribution < 1.29 is 14.0 Å². The van der Waals surface area contributed by atoms with Crippen LogP contribution in [-0.4, -0.2) is 45.8 Å². The molecule has 0 radical (unpaired) electrons. The average Bonchev–Trinajstić information content (AvgIpc) is 3.22. The number of likely N-dealkylation sites (tertiary alicyclic amines) is 1. The van der Waals surface area contributed by atoms with Crippen molar-refractivity contribution in [3.63, 3.8) is 0 Å². The quantitative estimate of drug-likeness (QED) is 0.637. The van der Waals surface area contributed by atoms with Crippen LogP contribution in [0.4, 0.5) is 16.0 Å². The van der Waals surface area contributed by atoms with Crippen LogP contribution in [0.15, 0.2) is 61.3 Å². The van der Waals surface area contributed by atoms with Crippen molar-refractivity contribution >= 4 is 34.4 Å². The van der Waals surface area contributed by atoms with Crippen LogP contribution in [-0.2, 0) is 4.79 Å². The molecular formula is C22H20FN5O2. The van der Waals surface area contributed by atoms with Crippen LogP contribution in [0.3, 0.4) is 0 Å². The van der Waals surface area contributed by atoms with Crippen LogP contribution in [0.2, 0.25) is 0 Å². The van der Waals surface area contributed by atoms with Gasteiger partial charge in [-0.25, -0.2) is 14.4 Å². The number of rotatable bonds is 5. The van der Waals surface area contributed by atoms with Gasteiger partial charge in [0.1, 0.15) is 5.82 Å². The maximum absolute atomic E-state index is 13.3. The fourth-order valence-electron chi connectivity index (χ4n) is 3.39. The Kier molecular flexibility index (Phi) is 5.38. The summed E-state index contributed by atoms with van der Waals surface area (Å²) in [6.45, 7) is 4.55. The van der Waals surface area contributed by atoms with Gasteiger partial charge >= 0.3 is 0 Å². The van der Waals surface area contributed by atoms with E-state index in [2.05, 4.69) is 27.2 Å². The first-order chi connectivity index (χ1) is 14.5. The lowest BCUT2D eigenvalue weighted by atomic mass is 10.2. The zero-order valence-corrected chi connectivity index (χ0v) is 16.1. The Bertz CT molecular complexity index is 1120. The van der Waals surface area contributed by atoms with E-state index in [9.17, 15) is 14.0 Å². The van der Waals surface area contributed by atoms with Crippen LogP contribution in [0.1, 0.15) is 16.8 Å². The zero-order chi connectivity index (χ0) is 21.1. The molecule has 4 rings (SSSR count). The second-order valence-corrected chi connectivity index (χ2v) is 7.05. The number of nitrogens with one attached hydrogen (secondary N) is 2. The van der Waals surface area contributed by atoms with Gasteiger partial charge in [0.2, 0.25) is 11.9 Å². The molecule has 2 heterocycles. The molecule has 7 nitrogen and oxygen atoms in total. The van der Waals surface area contributed by atoms with Crippen LogP contribution < -0.4 is 10.6 Å². The minimum absolute atomic E-state index is 0.0259. The van der Waals surface area contributed by atoms with E-state index in [4.69, 9.17) is 0 Å². The van der Waals surface area contributed by atoms with Crippen LogP contribution in [0, 0.1) is 5.82 Å². The largest absolute Gasteiger partial charge is 0.350 e. The molecule has 2 amide bonds. The Labute approximate surface area is 172 Å². The molecular weight excluding hydrogens is 385 g/mol. The highest BCUT2D eigenvalue weighted by Gasteiger charge is 2.27. The highest BCUT2D eigenvalue weighted by Crippen LogP contribution is 2.19. The summed E-state index contributed by atoms with van der Waals surface area (Å²) in [5.74, 6) is -0.247. The van der Waals surface area contributed by atoms with Gasteiger partial charge in [-0.05, 0) is 55.0 Å². The average molecular weight is 405 g/mol. The minimum atomic E-state index is -0.326. The van der Waals surface area contributed by atoms with Gasteiger partial charge in [-0.15, -0.1) is 0 Å². The van der Waals surface area contributed by atoms with Crippen molar-refractivity contribution in [2.45, 2.75) is 12.5 Å². The van der Waals surface area contributed by atoms with Gasteiger partial charge in [-0.1, -0.05) is 6.58 Å². The monoisotopic (exact) mass is 405 g/mol. The Hall–Kier alpha value is -3.81. The van der Waals surface area contributed by atoms with Gasteiger partial charge < -0.3 is 15.5 Å². The lowest BCUT2D eigenvalue weighted by Gasteiger charge is -2.17. The van der Waals surface area contributed by atoms with Gasteiger partial charge in [0.15, 0.2) is 0 Å². The highest BCUT2D eigenvalue weighted by atomic mass is 19.1. The summed E-state index contributed by atoms with van der Waals surface area (Å²) < 4.78 is 13.3. The molecule has 1 aliphatic rings. The molecule has 0 spiro atoms. The molecule has 2 N–H and O–H groups in total. The number of carbonyl (C=O) groups is 2. The number of fused-ring (bicyclic) bond motifs is 1. The van der Waals surface area contributed by atoms with Gasteiger partial charge in [0.05, 0.1) is 5.52 Å². The molecule has 0 saturated carbocycles. The predicted molar refractivity (Wildman–Crippen MR) is 113 cm³/mol. The van der Waals surface area contributed by atoms with Crippen molar-refractivity contribution in [3.8, 4) is 0 Å². The highest BCUT2D eigenvalue weighted by molar-refractivity contribution is 5.99. The van der Waals surface area contributed by atoms with Gasteiger partial charge in [0, 0.05) is 42.0 Å². The van der Waals surface area contributed by atoms with E-state index in [1.165, 1.54) is 18.2 Å². The van der Waals surface area contributed by atoms with E-state index >= 15 is 0 Å². The van der Waals surface area contributed by atoms with Crippen molar-refractivity contribution in [1.29, 1.82) is 0 Å². The lowest BCUT2D eigenvalue weighted by Crippen LogP contribution is -2.31. The van der Waals surface area contributed by atoms with E-state index in [0.717, 1.165) is 6.42 Å². The van der Waals surface area contributed by atoms with Crippen molar-refractivity contribution in [2.75, 3.05) is 23.7 Å². The molecule has 1 aromatic heterocycles. The Morgan fingerprint density at radius 2 is 2.00 bits per heavy atom. The number of benzene rings is 2. The number of amides is 2. The standard InChI is InChI=1S/C22H20FN5O2/c1-2-20(29)25-17-6-3-14(4-7-17)21(30)28-10-9-18(13-28)26-22-24-12-15-11-16(23)5-8-19(15)27-22/h2-8,11-12,18H,1,9-10,13H2,(H,25,29)(H,24,26,27)/t18-/m0/s1. The van der Waals surface area contributed by atoms with Gasteiger partial charge in [0.25, 0.3) is 5.91 Å². The summed E-state index contributed by atoms with van der Waals surface area (Å²) >= 11 is 0. The maximum atomic E-state index is 13.3. The molecule has 152 valence electrons. The molecule has 0 unspecified atom stereocenters. The van der Waals surface area contributed by atoms with Gasteiger partial charge in [-0.3, -0.25) is 9.59 Å². The normalized spacial score (nSPS) is 15.8. The number of aromatic nitrogens is 2. The Balaban J connectivity index is 1.38. The first-order valence-corrected chi connectivity index (χ1v) is 9.53. The summed E-state index contributed by atoms with van der Waals surface area (Å²) in [5, 5.41) is 6.54. The molecule has 0 aliphatic carbocycles. The summed E-state index contributed by atoms with van der Waals surface area (Å²) in [6, 6.07) is 11.1. The van der Waals surface area contributed by atoms with Crippen molar-refractivity contribution in [3.05, 3.63) is 72.7 Å². The molecule has 3 aromatic rings. The number of halogens is 1. The summed E-state index contributed by atoms with van der Waals surface area (Å²) in [7, 11) is 0.